The number of anilines is 1. The van der Waals surface area contributed by atoms with Gasteiger partial charge in [0.25, 0.3) is 5.91 Å². The molecule has 1 atom stereocenters. The van der Waals surface area contributed by atoms with E-state index in [1.54, 1.807) is 6.07 Å². The third kappa shape index (κ3) is 5.24. The molecule has 0 fully saturated rings. The van der Waals surface area contributed by atoms with Crippen molar-refractivity contribution in [2.75, 3.05) is 11.9 Å². The van der Waals surface area contributed by atoms with E-state index in [2.05, 4.69) is 19.2 Å². The molecule has 0 saturated heterocycles. The highest BCUT2D eigenvalue weighted by Crippen LogP contribution is 2.18. The molecule has 17 heavy (non-hydrogen) atoms. The summed E-state index contributed by atoms with van der Waals surface area (Å²) in [5.74, 6) is 0.181. The molecule has 0 aliphatic rings. The fourth-order valence-electron chi connectivity index (χ4n) is 1.62. The number of primary amides is 1. The lowest BCUT2D eigenvalue weighted by atomic mass is 10.2. The predicted octanol–water partition coefficient (Wildman–Crippen LogP) is 2.15. The molecule has 0 radical (unpaired) electrons. The molecule has 1 amide bonds. The number of carbonyl (C=O) groups is 1. The minimum absolute atomic E-state index is 0.0893. The average molecular weight is 236 g/mol. The zero-order valence-corrected chi connectivity index (χ0v) is 10.4. The van der Waals surface area contributed by atoms with Crippen molar-refractivity contribution in [3.05, 3.63) is 24.3 Å². The molecule has 0 spiro atoms. The van der Waals surface area contributed by atoms with Gasteiger partial charge in [-0.25, -0.2) is 0 Å². The lowest BCUT2D eigenvalue weighted by Gasteiger charge is -2.15. The summed E-state index contributed by atoms with van der Waals surface area (Å²) in [5.41, 5.74) is 6.01. The van der Waals surface area contributed by atoms with Crippen LogP contribution in [-0.2, 0) is 4.79 Å². The van der Waals surface area contributed by atoms with Crippen LogP contribution in [0.2, 0.25) is 0 Å². The van der Waals surface area contributed by atoms with Crippen LogP contribution in [0.15, 0.2) is 24.3 Å². The van der Waals surface area contributed by atoms with Crippen molar-refractivity contribution in [2.45, 2.75) is 32.7 Å². The number of ether oxygens (including phenoxy) is 1. The second-order valence-corrected chi connectivity index (χ2v) is 4.12. The summed E-state index contributed by atoms with van der Waals surface area (Å²) in [6.07, 6.45) is 2.26. The molecule has 0 aliphatic heterocycles. The fourth-order valence-corrected chi connectivity index (χ4v) is 1.62. The summed E-state index contributed by atoms with van der Waals surface area (Å²) in [7, 11) is 0. The Morgan fingerprint density at radius 3 is 2.94 bits per heavy atom. The van der Waals surface area contributed by atoms with Crippen LogP contribution in [0.4, 0.5) is 5.69 Å². The van der Waals surface area contributed by atoms with Crippen LogP contribution in [0.5, 0.6) is 5.75 Å². The van der Waals surface area contributed by atoms with Crippen molar-refractivity contribution in [1.82, 2.24) is 0 Å². The monoisotopic (exact) mass is 236 g/mol. The van der Waals surface area contributed by atoms with Crippen molar-refractivity contribution in [1.29, 1.82) is 0 Å². The van der Waals surface area contributed by atoms with Crippen molar-refractivity contribution >= 4 is 11.6 Å². The number of hydrogen-bond acceptors (Lipinski definition) is 3. The molecule has 1 unspecified atom stereocenters. The van der Waals surface area contributed by atoms with Gasteiger partial charge in [-0.1, -0.05) is 19.4 Å². The van der Waals surface area contributed by atoms with Gasteiger partial charge in [-0.3, -0.25) is 4.79 Å². The molecule has 1 rings (SSSR count). The van der Waals surface area contributed by atoms with Crippen LogP contribution in [0.25, 0.3) is 0 Å². The Morgan fingerprint density at radius 1 is 1.53 bits per heavy atom. The maximum atomic E-state index is 10.6. The van der Waals surface area contributed by atoms with Crippen LogP contribution < -0.4 is 15.8 Å². The fraction of sp³-hybridized carbons (Fsp3) is 0.462. The van der Waals surface area contributed by atoms with E-state index in [9.17, 15) is 4.79 Å². The van der Waals surface area contributed by atoms with Crippen molar-refractivity contribution in [3.8, 4) is 5.75 Å². The maximum absolute atomic E-state index is 10.6. The smallest absolute Gasteiger partial charge is 0.255 e. The molecule has 0 bridgehead atoms. The topological polar surface area (TPSA) is 64.3 Å². The Balaban J connectivity index is 2.56. The number of nitrogens with one attached hydrogen (secondary N) is 1. The first-order chi connectivity index (χ1) is 8.11. The van der Waals surface area contributed by atoms with Gasteiger partial charge >= 0.3 is 0 Å². The Bertz CT molecular complexity index is 366. The largest absolute Gasteiger partial charge is 0.484 e. The number of rotatable bonds is 7. The average Bonchev–Trinajstić information content (AvgIpc) is 2.27. The number of carbonyl (C=O) groups excluding carboxylic acids is 1. The third-order valence-electron chi connectivity index (χ3n) is 2.35. The number of hydrogen-bond donors (Lipinski definition) is 2. The van der Waals surface area contributed by atoms with Crippen LogP contribution >= 0.6 is 0 Å². The SMILES string of the molecule is CCCC(C)Nc1cccc(OCC(N)=O)c1. The standard InChI is InChI=1S/C13H20N2O2/c1-3-5-10(2)15-11-6-4-7-12(8-11)17-9-13(14)16/h4,6-8,10,15H,3,5,9H2,1-2H3,(H2,14,16). The quantitative estimate of drug-likeness (QED) is 0.762. The number of amides is 1. The van der Waals surface area contributed by atoms with E-state index in [1.165, 1.54) is 0 Å². The van der Waals surface area contributed by atoms with Gasteiger partial charge in [-0.05, 0) is 25.5 Å². The van der Waals surface area contributed by atoms with Gasteiger partial charge < -0.3 is 15.8 Å². The van der Waals surface area contributed by atoms with Crippen LogP contribution in [-0.4, -0.2) is 18.6 Å². The van der Waals surface area contributed by atoms with Gasteiger partial charge in [0, 0.05) is 17.8 Å². The van der Waals surface area contributed by atoms with Gasteiger partial charge in [0.2, 0.25) is 0 Å². The second-order valence-electron chi connectivity index (χ2n) is 4.12. The minimum atomic E-state index is -0.470. The zero-order chi connectivity index (χ0) is 12.7. The van der Waals surface area contributed by atoms with E-state index in [0.29, 0.717) is 11.8 Å². The lowest BCUT2D eigenvalue weighted by molar-refractivity contribution is -0.119. The van der Waals surface area contributed by atoms with E-state index in [0.717, 1.165) is 18.5 Å². The van der Waals surface area contributed by atoms with Crippen molar-refractivity contribution in [3.63, 3.8) is 0 Å². The predicted molar refractivity (Wildman–Crippen MR) is 69.1 cm³/mol. The van der Waals surface area contributed by atoms with E-state index in [1.807, 2.05) is 18.2 Å². The summed E-state index contributed by atoms with van der Waals surface area (Å²) in [6.45, 7) is 4.21. The summed E-state index contributed by atoms with van der Waals surface area (Å²) in [6, 6.07) is 7.96. The Morgan fingerprint density at radius 2 is 2.29 bits per heavy atom. The van der Waals surface area contributed by atoms with Gasteiger partial charge in [0.15, 0.2) is 6.61 Å². The maximum Gasteiger partial charge on any atom is 0.255 e. The van der Waals surface area contributed by atoms with Gasteiger partial charge in [-0.2, -0.15) is 0 Å². The van der Waals surface area contributed by atoms with E-state index in [-0.39, 0.29) is 6.61 Å². The van der Waals surface area contributed by atoms with Crippen molar-refractivity contribution in [2.24, 2.45) is 5.73 Å². The van der Waals surface area contributed by atoms with E-state index < -0.39 is 5.91 Å². The van der Waals surface area contributed by atoms with E-state index in [4.69, 9.17) is 10.5 Å². The molecule has 0 aliphatic carbocycles. The molecule has 1 aromatic rings. The molecule has 0 heterocycles. The number of nitrogens with two attached hydrogens (primary N) is 1. The molecule has 94 valence electrons. The Labute approximate surface area is 102 Å². The van der Waals surface area contributed by atoms with Crippen LogP contribution in [0.3, 0.4) is 0 Å². The van der Waals surface area contributed by atoms with Crippen LogP contribution in [0.1, 0.15) is 26.7 Å². The second kappa shape index (κ2) is 6.78. The molecule has 0 aromatic heterocycles. The van der Waals surface area contributed by atoms with E-state index >= 15 is 0 Å². The van der Waals surface area contributed by atoms with Gasteiger partial charge in [0.05, 0.1) is 0 Å². The molecule has 4 heteroatoms. The Hall–Kier alpha value is -1.71. The lowest BCUT2D eigenvalue weighted by Crippen LogP contribution is -2.20. The molecule has 4 nitrogen and oxygen atoms in total. The van der Waals surface area contributed by atoms with Crippen LogP contribution in [0, 0.1) is 0 Å². The molecular formula is C13H20N2O2. The molecule has 1 aromatic carbocycles. The highest BCUT2D eigenvalue weighted by atomic mass is 16.5. The molecule has 3 N–H and O–H groups in total. The summed E-state index contributed by atoms with van der Waals surface area (Å²) >= 11 is 0. The first-order valence-corrected chi connectivity index (χ1v) is 5.89. The third-order valence-corrected chi connectivity index (χ3v) is 2.35. The molecular weight excluding hydrogens is 216 g/mol. The van der Waals surface area contributed by atoms with Gasteiger partial charge in [0.1, 0.15) is 5.75 Å². The highest BCUT2D eigenvalue weighted by Gasteiger charge is 2.02. The van der Waals surface area contributed by atoms with Gasteiger partial charge in [-0.15, -0.1) is 0 Å². The Kier molecular flexibility index (Phi) is 5.33. The van der Waals surface area contributed by atoms with Crippen molar-refractivity contribution < 1.29 is 9.53 Å². The summed E-state index contributed by atoms with van der Waals surface area (Å²) in [5, 5.41) is 3.37. The minimum Gasteiger partial charge on any atom is -0.484 e. The first kappa shape index (κ1) is 13.4. The summed E-state index contributed by atoms with van der Waals surface area (Å²) < 4.78 is 5.24. The summed E-state index contributed by atoms with van der Waals surface area (Å²) in [4.78, 5) is 10.6. The highest BCUT2D eigenvalue weighted by molar-refractivity contribution is 5.75. The first-order valence-electron chi connectivity index (χ1n) is 5.89. The normalized spacial score (nSPS) is 11.9. The molecule has 0 saturated carbocycles. The zero-order valence-electron chi connectivity index (χ0n) is 10.4. The number of benzene rings is 1.